The molecule has 3 N–H and O–H groups in total. The van der Waals surface area contributed by atoms with E-state index in [0.29, 0.717) is 12.0 Å². The molecule has 1 aliphatic heterocycles. The van der Waals surface area contributed by atoms with Gasteiger partial charge in [0.05, 0.1) is 25.6 Å². The monoisotopic (exact) mass is 653 g/mol. The second-order valence-corrected chi connectivity index (χ2v) is 18.5. The van der Waals surface area contributed by atoms with E-state index in [9.17, 15) is 24.4 Å². The van der Waals surface area contributed by atoms with Gasteiger partial charge >= 0.3 is 11.8 Å². The Kier molecular flexibility index (Phi) is 13.8. The highest BCUT2D eigenvalue weighted by atomic mass is 31.2. The predicted octanol–water partition coefficient (Wildman–Crippen LogP) is 3.75. The van der Waals surface area contributed by atoms with Crippen LogP contribution in [0.15, 0.2) is 15.8 Å². The van der Waals surface area contributed by atoms with E-state index >= 15 is 0 Å². The molecule has 1 aromatic heterocycles. The van der Waals surface area contributed by atoms with Crippen LogP contribution >= 0.6 is 8.53 Å². The molecule has 2 unspecified atom stereocenters. The molecule has 1 aromatic rings. The van der Waals surface area contributed by atoms with Crippen molar-refractivity contribution in [2.45, 2.75) is 110 Å². The van der Waals surface area contributed by atoms with Crippen molar-refractivity contribution in [3.63, 3.8) is 0 Å². The number of aromatic amines is 1. The minimum absolute atomic E-state index is 0.00805. The zero-order valence-corrected chi connectivity index (χ0v) is 29.1. The number of terminal acetylenes is 1. The maximum atomic E-state index is 13.1. The fourth-order valence-corrected chi connectivity index (χ4v) is 7.45. The first-order valence-corrected chi connectivity index (χ1v) is 18.8. The van der Waals surface area contributed by atoms with Crippen LogP contribution in [-0.4, -0.2) is 77.5 Å². The van der Waals surface area contributed by atoms with Gasteiger partial charge in [-0.25, -0.2) is 14.3 Å². The van der Waals surface area contributed by atoms with Gasteiger partial charge in [-0.05, 0) is 59.2 Å². The molecule has 1 amide bonds. The largest absolute Gasteiger partial charge is 0.447 e. The fourth-order valence-electron chi connectivity index (χ4n) is 4.91. The zero-order valence-electron chi connectivity index (χ0n) is 27.2. The van der Waals surface area contributed by atoms with E-state index in [4.69, 9.17) is 24.9 Å². The van der Waals surface area contributed by atoms with Crippen LogP contribution in [0.1, 0.15) is 66.2 Å². The summed E-state index contributed by atoms with van der Waals surface area (Å²) in [5.74, 6) is 1.76. The van der Waals surface area contributed by atoms with E-state index in [2.05, 4.69) is 27.0 Å². The number of ether oxygens (including phenoxy) is 2. The minimum Gasteiger partial charge on any atom is -0.447 e. The number of rotatable bonds is 15. The van der Waals surface area contributed by atoms with E-state index in [-0.39, 0.29) is 38.3 Å². The van der Waals surface area contributed by atoms with Crippen LogP contribution in [0.3, 0.4) is 0 Å². The second-order valence-electron chi connectivity index (χ2n) is 12.6. The topological polar surface area (TPSA) is 168 Å². The van der Waals surface area contributed by atoms with Gasteiger partial charge < -0.3 is 28.6 Å². The number of nitriles is 1. The molecule has 0 aromatic carbocycles. The number of carbonyl (C=O) groups is 1. The number of aromatic nitrogens is 2. The first-order chi connectivity index (χ1) is 20.4. The summed E-state index contributed by atoms with van der Waals surface area (Å²) >= 11 is 0. The number of aryl methyl sites for hydroxylation is 1. The maximum absolute atomic E-state index is 13.1. The number of amides is 1. The average Bonchev–Trinajstić information content (AvgIpc) is 3.23. The Hall–Kier alpha value is -2.55. The van der Waals surface area contributed by atoms with Crippen LogP contribution < -0.4 is 16.6 Å². The second kappa shape index (κ2) is 16.1. The van der Waals surface area contributed by atoms with Crippen LogP contribution in [0.5, 0.6) is 0 Å². The number of hydrogen-bond acceptors (Lipinski definition) is 10. The summed E-state index contributed by atoms with van der Waals surface area (Å²) in [6.07, 6.45) is 3.87. The summed E-state index contributed by atoms with van der Waals surface area (Å²) in [4.78, 5) is 51.3. The van der Waals surface area contributed by atoms with Crippen molar-refractivity contribution in [1.29, 1.82) is 5.26 Å². The number of alkyl carbamates (subject to hydrolysis) is 1. The highest BCUT2D eigenvalue weighted by Crippen LogP contribution is 2.55. The Morgan fingerprint density at radius 2 is 1.95 bits per heavy atom. The first-order valence-electron chi connectivity index (χ1n) is 14.7. The Bertz CT molecular complexity index is 1300. The van der Waals surface area contributed by atoms with Crippen LogP contribution in [0.4, 0.5) is 4.79 Å². The molecule has 15 heteroatoms. The lowest BCUT2D eigenvalue weighted by Gasteiger charge is -2.41. The van der Waals surface area contributed by atoms with E-state index in [0.717, 1.165) is 0 Å². The van der Waals surface area contributed by atoms with Gasteiger partial charge in [0.15, 0.2) is 8.32 Å². The first kappa shape index (κ1) is 37.6. The van der Waals surface area contributed by atoms with Gasteiger partial charge in [-0.3, -0.25) is 14.3 Å². The Labute approximate surface area is 262 Å². The third kappa shape index (κ3) is 9.72. The Morgan fingerprint density at radius 1 is 1.32 bits per heavy atom. The van der Waals surface area contributed by atoms with Crippen LogP contribution in [0.2, 0.25) is 18.1 Å². The molecule has 0 saturated carbocycles. The molecule has 13 nitrogen and oxygen atoms in total. The third-order valence-electron chi connectivity index (χ3n) is 7.88. The van der Waals surface area contributed by atoms with Gasteiger partial charge in [0, 0.05) is 29.8 Å². The summed E-state index contributed by atoms with van der Waals surface area (Å²) in [5.41, 5.74) is -0.872. The molecule has 44 heavy (non-hydrogen) atoms. The number of nitrogens with zero attached hydrogens (tertiary/aromatic N) is 3. The molecular weight excluding hydrogens is 605 g/mol. The SMILES string of the molecule is C#CCNC(=O)OC[C@H]1O[C@@H](n2cc(C)c(=O)[nH]c2=O)[C@@H](CC(C)(C)[Si](C)(C)O)C1OP(OCCC#N)N(C(C)C)C(C)C. The van der Waals surface area contributed by atoms with Gasteiger partial charge in [-0.2, -0.15) is 5.26 Å². The highest BCUT2D eigenvalue weighted by molar-refractivity contribution is 7.44. The van der Waals surface area contributed by atoms with Crippen LogP contribution in [-0.2, 0) is 18.5 Å². The van der Waals surface area contributed by atoms with Gasteiger partial charge in [-0.1, -0.05) is 19.8 Å². The number of H-pyrrole nitrogens is 1. The normalized spacial score (nSPS) is 21.3. The minimum atomic E-state index is -2.79. The molecule has 0 radical (unpaired) electrons. The van der Waals surface area contributed by atoms with Gasteiger partial charge in [0.25, 0.3) is 14.1 Å². The van der Waals surface area contributed by atoms with Gasteiger partial charge in [0.1, 0.15) is 25.0 Å². The molecular formula is C29H48N5O8PSi. The maximum Gasteiger partial charge on any atom is 0.407 e. The standard InChI is InChI=1S/C29H48N5O8PSi/c1-11-14-31-28(37)39-18-23-24(42-43(40-15-12-13-30)34(19(2)3)20(4)5)22(16-29(7,8)44(9,10)38)26(41-23)33-17-21(6)25(35)32-27(33)36/h1,17,19-20,22-24,26,38H,12,14-16,18H2,2-10H3,(H,31,37)(H,32,35,36)/t22-,23+,24?,26+,43?/m0/s1. The van der Waals surface area contributed by atoms with E-state index in [1.54, 1.807) is 6.92 Å². The molecule has 0 spiro atoms. The molecule has 0 bridgehead atoms. The lowest BCUT2D eigenvalue weighted by atomic mass is 9.89. The van der Waals surface area contributed by atoms with Crippen molar-refractivity contribution in [2.75, 3.05) is 19.8 Å². The van der Waals surface area contributed by atoms with Gasteiger partial charge in [0.2, 0.25) is 0 Å². The number of nitrogens with one attached hydrogen (secondary N) is 2. The van der Waals surface area contributed by atoms with Crippen molar-refractivity contribution in [2.24, 2.45) is 5.92 Å². The predicted molar refractivity (Wildman–Crippen MR) is 170 cm³/mol. The number of carbonyl (C=O) groups excluding carboxylic acids is 1. The van der Waals surface area contributed by atoms with Crippen LogP contribution in [0.25, 0.3) is 0 Å². The van der Waals surface area contributed by atoms with Crippen molar-refractivity contribution in [3.8, 4) is 18.4 Å². The lowest BCUT2D eigenvalue weighted by molar-refractivity contribution is -0.0499. The smallest absolute Gasteiger partial charge is 0.407 e. The van der Waals surface area contributed by atoms with E-state index < -0.39 is 63.6 Å². The van der Waals surface area contributed by atoms with E-state index in [1.165, 1.54) is 10.8 Å². The summed E-state index contributed by atoms with van der Waals surface area (Å²) in [5, 5.41) is 11.1. The quantitative estimate of drug-likeness (QED) is 0.110. The average molecular weight is 654 g/mol. The zero-order chi connectivity index (χ0) is 33.4. The molecule has 0 aliphatic carbocycles. The fraction of sp³-hybridized carbons (Fsp3) is 0.724. The molecule has 1 saturated heterocycles. The van der Waals surface area contributed by atoms with Crippen molar-refractivity contribution in [1.82, 2.24) is 19.5 Å². The van der Waals surface area contributed by atoms with Crippen LogP contribution in [0, 0.1) is 36.5 Å². The molecule has 246 valence electrons. The van der Waals surface area contributed by atoms with Crippen molar-refractivity contribution in [3.05, 3.63) is 32.6 Å². The molecule has 1 fully saturated rings. The Balaban J connectivity index is 2.70. The third-order valence-corrected chi connectivity index (χ3v) is 13.5. The highest BCUT2D eigenvalue weighted by Gasteiger charge is 2.53. The lowest BCUT2D eigenvalue weighted by Crippen LogP contribution is -2.44. The summed E-state index contributed by atoms with van der Waals surface area (Å²) in [6.45, 7) is 17.1. The summed E-state index contributed by atoms with van der Waals surface area (Å²) in [7, 11) is -4.55. The summed E-state index contributed by atoms with van der Waals surface area (Å²) < 4.78 is 28.4. The number of hydrogen-bond donors (Lipinski definition) is 3. The van der Waals surface area contributed by atoms with E-state index in [1.807, 2.05) is 54.6 Å². The molecule has 2 rings (SSSR count). The summed E-state index contributed by atoms with van der Waals surface area (Å²) in [6, 6.07) is 2.11. The van der Waals surface area contributed by atoms with Gasteiger partial charge in [-0.15, -0.1) is 6.42 Å². The van der Waals surface area contributed by atoms with Crippen molar-refractivity contribution < 1.29 is 28.1 Å². The molecule has 2 heterocycles. The Morgan fingerprint density at radius 3 is 2.50 bits per heavy atom. The van der Waals surface area contributed by atoms with Crippen molar-refractivity contribution >= 4 is 22.9 Å². The molecule has 5 atom stereocenters. The molecule has 1 aliphatic rings.